The lowest BCUT2D eigenvalue weighted by molar-refractivity contribution is 0.424. The number of hydrogen-bond donors (Lipinski definition) is 2. The Labute approximate surface area is 110 Å². The predicted molar refractivity (Wildman–Crippen MR) is 72.6 cm³/mol. The maximum absolute atomic E-state index is 6.23. The Balaban J connectivity index is 2.51. The molecule has 0 aliphatic carbocycles. The standard InChI is InChI=1S/C12H15Cl2N3/c1-3-4-12(2,15)11-16-9-5-7(13)8(14)6-10(9)17-11/h5-6H,3-4,15H2,1-2H3,(H,16,17). The molecule has 0 spiro atoms. The van der Waals surface area contributed by atoms with Crippen LogP contribution in [0.4, 0.5) is 0 Å². The van der Waals surface area contributed by atoms with Gasteiger partial charge in [-0.15, -0.1) is 0 Å². The molecule has 3 nitrogen and oxygen atoms in total. The average Bonchev–Trinajstić information content (AvgIpc) is 2.62. The van der Waals surface area contributed by atoms with Crippen molar-refractivity contribution in [3.05, 3.63) is 28.0 Å². The van der Waals surface area contributed by atoms with Crippen molar-refractivity contribution in [2.75, 3.05) is 0 Å². The number of rotatable bonds is 3. The molecule has 0 fully saturated rings. The van der Waals surface area contributed by atoms with Crippen molar-refractivity contribution in [3.63, 3.8) is 0 Å². The van der Waals surface area contributed by atoms with Gasteiger partial charge in [0.15, 0.2) is 0 Å². The first-order chi connectivity index (χ1) is 7.94. The first-order valence-electron chi connectivity index (χ1n) is 5.58. The summed E-state index contributed by atoms with van der Waals surface area (Å²) < 4.78 is 0. The zero-order valence-electron chi connectivity index (χ0n) is 9.85. The van der Waals surface area contributed by atoms with Crippen LogP contribution in [-0.2, 0) is 5.54 Å². The summed E-state index contributed by atoms with van der Waals surface area (Å²) in [6.07, 6.45) is 1.87. The van der Waals surface area contributed by atoms with Gasteiger partial charge in [0.2, 0.25) is 0 Å². The van der Waals surface area contributed by atoms with Gasteiger partial charge in [0, 0.05) is 0 Å². The normalized spacial score (nSPS) is 15.1. The van der Waals surface area contributed by atoms with Crippen LogP contribution in [0, 0.1) is 0 Å². The first-order valence-corrected chi connectivity index (χ1v) is 6.34. The number of hydrogen-bond acceptors (Lipinski definition) is 2. The number of nitrogens with two attached hydrogens (primary N) is 1. The highest BCUT2D eigenvalue weighted by Gasteiger charge is 2.24. The fraction of sp³-hybridized carbons (Fsp3) is 0.417. The van der Waals surface area contributed by atoms with Crippen LogP contribution in [0.3, 0.4) is 0 Å². The quantitative estimate of drug-likeness (QED) is 0.891. The van der Waals surface area contributed by atoms with Gasteiger partial charge in [-0.2, -0.15) is 0 Å². The molecular weight excluding hydrogens is 257 g/mol. The topological polar surface area (TPSA) is 54.7 Å². The molecule has 92 valence electrons. The van der Waals surface area contributed by atoms with Gasteiger partial charge in [-0.05, 0) is 25.5 Å². The third-order valence-electron chi connectivity index (χ3n) is 2.83. The zero-order valence-corrected chi connectivity index (χ0v) is 11.4. The molecule has 5 heteroatoms. The lowest BCUT2D eigenvalue weighted by Gasteiger charge is -2.20. The zero-order chi connectivity index (χ0) is 12.6. The largest absolute Gasteiger partial charge is 0.340 e. The van der Waals surface area contributed by atoms with E-state index in [2.05, 4.69) is 16.9 Å². The van der Waals surface area contributed by atoms with Crippen molar-refractivity contribution >= 4 is 34.2 Å². The molecule has 0 aliphatic rings. The third-order valence-corrected chi connectivity index (χ3v) is 3.56. The van der Waals surface area contributed by atoms with Crippen LogP contribution in [0.5, 0.6) is 0 Å². The van der Waals surface area contributed by atoms with Gasteiger partial charge in [0.25, 0.3) is 0 Å². The Kier molecular flexibility index (Phi) is 3.34. The molecule has 0 bridgehead atoms. The SMILES string of the molecule is CCCC(C)(N)c1nc2cc(Cl)c(Cl)cc2[nH]1. The van der Waals surface area contributed by atoms with Gasteiger partial charge < -0.3 is 10.7 Å². The molecule has 1 atom stereocenters. The summed E-state index contributed by atoms with van der Waals surface area (Å²) in [5.74, 6) is 0.771. The molecule has 17 heavy (non-hydrogen) atoms. The third kappa shape index (κ3) is 2.41. The van der Waals surface area contributed by atoms with Crippen LogP contribution in [0.1, 0.15) is 32.5 Å². The summed E-state index contributed by atoms with van der Waals surface area (Å²) in [4.78, 5) is 7.69. The fourth-order valence-electron chi connectivity index (χ4n) is 1.91. The molecule has 2 aromatic rings. The summed E-state index contributed by atoms with van der Waals surface area (Å²) in [7, 11) is 0. The Morgan fingerprint density at radius 2 is 2.00 bits per heavy atom. The molecule has 1 aromatic carbocycles. The van der Waals surface area contributed by atoms with Crippen LogP contribution in [0.2, 0.25) is 10.0 Å². The highest BCUT2D eigenvalue weighted by molar-refractivity contribution is 6.42. The van der Waals surface area contributed by atoms with E-state index in [4.69, 9.17) is 28.9 Å². The van der Waals surface area contributed by atoms with E-state index in [-0.39, 0.29) is 0 Å². The van der Waals surface area contributed by atoms with Crippen LogP contribution >= 0.6 is 23.2 Å². The van der Waals surface area contributed by atoms with Crippen LogP contribution in [-0.4, -0.2) is 9.97 Å². The van der Waals surface area contributed by atoms with Gasteiger partial charge in [-0.25, -0.2) is 4.98 Å². The van der Waals surface area contributed by atoms with E-state index in [0.29, 0.717) is 10.0 Å². The maximum Gasteiger partial charge on any atom is 0.127 e. The van der Waals surface area contributed by atoms with Crippen molar-refractivity contribution in [2.24, 2.45) is 5.73 Å². The lowest BCUT2D eigenvalue weighted by atomic mass is 9.97. The number of nitrogens with one attached hydrogen (secondary N) is 1. The number of aromatic amines is 1. The van der Waals surface area contributed by atoms with Gasteiger partial charge in [-0.3, -0.25) is 0 Å². The molecule has 0 amide bonds. The van der Waals surface area contributed by atoms with Crippen molar-refractivity contribution in [2.45, 2.75) is 32.2 Å². The number of nitrogens with zero attached hydrogens (tertiary/aromatic N) is 1. The second-order valence-corrected chi connectivity index (χ2v) is 5.35. The second-order valence-electron chi connectivity index (χ2n) is 4.54. The Morgan fingerprint density at radius 1 is 1.35 bits per heavy atom. The van der Waals surface area contributed by atoms with E-state index in [0.717, 1.165) is 29.7 Å². The second kappa shape index (κ2) is 4.48. The Bertz CT molecular complexity index is 507. The number of fused-ring (bicyclic) bond motifs is 1. The molecule has 1 aromatic heterocycles. The predicted octanol–water partition coefficient (Wildman–Crippen LogP) is 3.84. The fourth-order valence-corrected chi connectivity index (χ4v) is 2.23. The van der Waals surface area contributed by atoms with Crippen molar-refractivity contribution in [3.8, 4) is 0 Å². The highest BCUT2D eigenvalue weighted by atomic mass is 35.5. The smallest absolute Gasteiger partial charge is 0.127 e. The average molecular weight is 272 g/mol. The number of aromatic nitrogens is 2. The van der Waals surface area contributed by atoms with Crippen LogP contribution in [0.25, 0.3) is 11.0 Å². The van der Waals surface area contributed by atoms with E-state index in [1.807, 2.05) is 6.92 Å². The molecule has 1 unspecified atom stereocenters. The molecule has 0 saturated heterocycles. The maximum atomic E-state index is 6.23. The van der Waals surface area contributed by atoms with E-state index in [1.165, 1.54) is 0 Å². The molecule has 0 aliphatic heterocycles. The summed E-state index contributed by atoms with van der Waals surface area (Å²) in [5, 5.41) is 1.02. The van der Waals surface area contributed by atoms with Crippen LogP contribution in [0.15, 0.2) is 12.1 Å². The van der Waals surface area contributed by atoms with Crippen LogP contribution < -0.4 is 5.73 Å². The molecule has 0 saturated carbocycles. The number of imidazole rings is 1. The monoisotopic (exact) mass is 271 g/mol. The van der Waals surface area contributed by atoms with E-state index in [1.54, 1.807) is 12.1 Å². The van der Waals surface area contributed by atoms with E-state index < -0.39 is 5.54 Å². The van der Waals surface area contributed by atoms with Crippen molar-refractivity contribution in [1.29, 1.82) is 0 Å². The van der Waals surface area contributed by atoms with Crippen molar-refractivity contribution in [1.82, 2.24) is 9.97 Å². The van der Waals surface area contributed by atoms with E-state index >= 15 is 0 Å². The molecule has 2 rings (SSSR count). The summed E-state index contributed by atoms with van der Waals surface area (Å²) >= 11 is 11.9. The molecular formula is C12H15Cl2N3. The highest BCUT2D eigenvalue weighted by Crippen LogP contribution is 2.29. The molecule has 1 heterocycles. The number of H-pyrrole nitrogens is 1. The summed E-state index contributed by atoms with van der Waals surface area (Å²) in [6, 6.07) is 3.53. The minimum Gasteiger partial charge on any atom is -0.340 e. The van der Waals surface area contributed by atoms with Gasteiger partial charge >= 0.3 is 0 Å². The van der Waals surface area contributed by atoms with Gasteiger partial charge in [0.1, 0.15) is 5.82 Å². The minimum absolute atomic E-state index is 0.452. The summed E-state index contributed by atoms with van der Waals surface area (Å²) in [6.45, 7) is 4.07. The lowest BCUT2D eigenvalue weighted by Crippen LogP contribution is -2.34. The number of halogens is 2. The van der Waals surface area contributed by atoms with Crippen molar-refractivity contribution < 1.29 is 0 Å². The molecule has 3 N–H and O–H groups in total. The summed E-state index contributed by atoms with van der Waals surface area (Å²) in [5.41, 5.74) is 7.43. The minimum atomic E-state index is -0.452. The van der Waals surface area contributed by atoms with E-state index in [9.17, 15) is 0 Å². The van der Waals surface area contributed by atoms with Gasteiger partial charge in [-0.1, -0.05) is 36.5 Å². The number of benzene rings is 1. The van der Waals surface area contributed by atoms with Gasteiger partial charge in [0.05, 0.1) is 26.6 Å². The molecule has 0 radical (unpaired) electrons. The Hall–Kier alpha value is -0.770. The Morgan fingerprint density at radius 3 is 2.65 bits per heavy atom. The first kappa shape index (κ1) is 12.7.